The van der Waals surface area contributed by atoms with Crippen LogP contribution in [0.25, 0.3) is 0 Å². The molecule has 0 aliphatic heterocycles. The lowest BCUT2D eigenvalue weighted by molar-refractivity contribution is 0.0738. The van der Waals surface area contributed by atoms with Crippen LogP contribution in [0.5, 0.6) is 5.75 Å². The van der Waals surface area contributed by atoms with E-state index in [0.29, 0.717) is 13.2 Å². The first-order valence-corrected chi connectivity index (χ1v) is 7.11. The second-order valence-electron chi connectivity index (χ2n) is 5.02. The summed E-state index contributed by atoms with van der Waals surface area (Å²) in [5.74, 6) is 0.857. The van der Waals surface area contributed by atoms with Gasteiger partial charge < -0.3 is 15.2 Å². The normalized spacial score (nSPS) is 17.9. The van der Waals surface area contributed by atoms with E-state index in [4.69, 9.17) is 15.2 Å². The van der Waals surface area contributed by atoms with Crippen LogP contribution >= 0.6 is 15.9 Å². The molecular weight excluding hydrogens is 294 g/mol. The molecule has 0 heterocycles. The van der Waals surface area contributed by atoms with Crippen molar-refractivity contribution in [3.8, 4) is 5.75 Å². The van der Waals surface area contributed by atoms with E-state index in [0.717, 1.165) is 28.6 Å². The lowest BCUT2D eigenvalue weighted by Gasteiger charge is -2.23. The zero-order chi connectivity index (χ0) is 13.0. The summed E-state index contributed by atoms with van der Waals surface area (Å²) < 4.78 is 12.1. The van der Waals surface area contributed by atoms with Crippen molar-refractivity contribution < 1.29 is 9.47 Å². The minimum atomic E-state index is -0.112. The average molecular weight is 314 g/mol. The van der Waals surface area contributed by atoms with E-state index >= 15 is 0 Å². The molecule has 2 N–H and O–H groups in total. The monoisotopic (exact) mass is 313 g/mol. The Hall–Kier alpha value is -0.580. The van der Waals surface area contributed by atoms with Crippen LogP contribution < -0.4 is 10.5 Å². The summed E-state index contributed by atoms with van der Waals surface area (Å²) in [6.45, 7) is 1.17. The first-order chi connectivity index (χ1) is 8.63. The molecule has 1 aliphatic carbocycles. The van der Waals surface area contributed by atoms with Gasteiger partial charge in [-0.2, -0.15) is 0 Å². The molecule has 2 rings (SSSR count). The molecule has 0 radical (unpaired) electrons. The summed E-state index contributed by atoms with van der Waals surface area (Å²) in [4.78, 5) is 0. The minimum absolute atomic E-state index is 0.112. The van der Waals surface area contributed by atoms with Crippen LogP contribution in [-0.2, 0) is 11.3 Å². The Morgan fingerprint density at radius 2 is 2.06 bits per heavy atom. The van der Waals surface area contributed by atoms with Crippen molar-refractivity contribution in [2.45, 2.75) is 37.8 Å². The molecule has 0 saturated heterocycles. The highest BCUT2D eigenvalue weighted by molar-refractivity contribution is 9.10. The lowest BCUT2D eigenvalue weighted by Crippen LogP contribution is -2.41. The molecule has 1 aliphatic rings. The summed E-state index contributed by atoms with van der Waals surface area (Å²) in [5, 5.41) is 0. The van der Waals surface area contributed by atoms with E-state index in [2.05, 4.69) is 15.9 Å². The van der Waals surface area contributed by atoms with E-state index < -0.39 is 0 Å². The SMILES string of the molecule is COc1ccc(Br)cc1COCC1(N)CCCC1. The van der Waals surface area contributed by atoms with E-state index in [9.17, 15) is 0 Å². The van der Waals surface area contributed by atoms with Gasteiger partial charge in [0.2, 0.25) is 0 Å². The van der Waals surface area contributed by atoms with Crippen LogP contribution in [0.4, 0.5) is 0 Å². The number of halogens is 1. The van der Waals surface area contributed by atoms with Crippen LogP contribution in [-0.4, -0.2) is 19.3 Å². The number of hydrogen-bond donors (Lipinski definition) is 1. The van der Waals surface area contributed by atoms with Crippen molar-refractivity contribution in [1.29, 1.82) is 0 Å². The van der Waals surface area contributed by atoms with Crippen LogP contribution in [0.3, 0.4) is 0 Å². The molecule has 0 amide bonds. The van der Waals surface area contributed by atoms with Crippen molar-refractivity contribution in [1.82, 2.24) is 0 Å². The van der Waals surface area contributed by atoms with Gasteiger partial charge in [-0.3, -0.25) is 0 Å². The quantitative estimate of drug-likeness (QED) is 0.907. The maximum absolute atomic E-state index is 6.26. The lowest BCUT2D eigenvalue weighted by atomic mass is 10.0. The molecule has 18 heavy (non-hydrogen) atoms. The van der Waals surface area contributed by atoms with Gasteiger partial charge in [-0.15, -0.1) is 0 Å². The average Bonchev–Trinajstić information content (AvgIpc) is 2.77. The predicted molar refractivity (Wildman–Crippen MR) is 75.7 cm³/mol. The summed E-state index contributed by atoms with van der Waals surface area (Å²) in [6.07, 6.45) is 4.59. The molecule has 1 saturated carbocycles. The van der Waals surface area contributed by atoms with Crippen molar-refractivity contribution in [3.05, 3.63) is 28.2 Å². The van der Waals surface area contributed by atoms with Crippen molar-refractivity contribution in [2.75, 3.05) is 13.7 Å². The Morgan fingerprint density at radius 3 is 2.72 bits per heavy atom. The Bertz CT molecular complexity index is 403. The Morgan fingerprint density at radius 1 is 1.33 bits per heavy atom. The molecule has 0 bridgehead atoms. The minimum Gasteiger partial charge on any atom is -0.496 e. The van der Waals surface area contributed by atoms with Crippen LogP contribution in [0, 0.1) is 0 Å². The standard InChI is InChI=1S/C14H20BrNO2/c1-17-13-5-4-12(15)8-11(13)9-18-10-14(16)6-2-3-7-14/h4-5,8H,2-3,6-7,9-10,16H2,1H3. The number of rotatable bonds is 5. The molecule has 0 spiro atoms. The molecule has 4 heteroatoms. The first kappa shape index (κ1) is 13.8. The summed E-state index contributed by atoms with van der Waals surface area (Å²) >= 11 is 3.46. The molecule has 0 unspecified atom stereocenters. The van der Waals surface area contributed by atoms with Gasteiger partial charge in [-0.1, -0.05) is 28.8 Å². The van der Waals surface area contributed by atoms with E-state index in [1.54, 1.807) is 7.11 Å². The molecule has 3 nitrogen and oxygen atoms in total. The Balaban J connectivity index is 1.91. The third-order valence-electron chi connectivity index (χ3n) is 3.49. The van der Waals surface area contributed by atoms with E-state index in [-0.39, 0.29) is 5.54 Å². The van der Waals surface area contributed by atoms with Crippen LogP contribution in [0.2, 0.25) is 0 Å². The fraction of sp³-hybridized carbons (Fsp3) is 0.571. The fourth-order valence-corrected chi connectivity index (χ4v) is 2.86. The van der Waals surface area contributed by atoms with Gasteiger partial charge in [0.1, 0.15) is 5.75 Å². The Kier molecular flexibility index (Phi) is 4.65. The van der Waals surface area contributed by atoms with E-state index in [1.165, 1.54) is 12.8 Å². The number of benzene rings is 1. The van der Waals surface area contributed by atoms with Gasteiger partial charge in [0.05, 0.1) is 20.3 Å². The second-order valence-corrected chi connectivity index (χ2v) is 5.93. The van der Waals surface area contributed by atoms with E-state index in [1.807, 2.05) is 18.2 Å². The van der Waals surface area contributed by atoms with Gasteiger partial charge >= 0.3 is 0 Å². The molecule has 100 valence electrons. The molecule has 1 aromatic carbocycles. The van der Waals surface area contributed by atoms with Gasteiger partial charge in [0.25, 0.3) is 0 Å². The van der Waals surface area contributed by atoms with Crippen molar-refractivity contribution >= 4 is 15.9 Å². The fourth-order valence-electron chi connectivity index (χ4n) is 2.45. The van der Waals surface area contributed by atoms with Gasteiger partial charge in [0.15, 0.2) is 0 Å². The van der Waals surface area contributed by atoms with Crippen LogP contribution in [0.1, 0.15) is 31.2 Å². The largest absolute Gasteiger partial charge is 0.496 e. The Labute approximate surface area is 117 Å². The first-order valence-electron chi connectivity index (χ1n) is 6.32. The third kappa shape index (κ3) is 3.46. The zero-order valence-electron chi connectivity index (χ0n) is 10.7. The topological polar surface area (TPSA) is 44.5 Å². The number of nitrogens with two attached hydrogens (primary N) is 1. The predicted octanol–water partition coefficient (Wildman–Crippen LogP) is 3.25. The molecule has 0 atom stereocenters. The van der Waals surface area contributed by atoms with Gasteiger partial charge in [-0.25, -0.2) is 0 Å². The molecular formula is C14H20BrNO2. The molecule has 1 fully saturated rings. The van der Waals surface area contributed by atoms with Gasteiger partial charge in [0, 0.05) is 15.6 Å². The molecule has 1 aromatic rings. The number of hydrogen-bond acceptors (Lipinski definition) is 3. The summed E-state index contributed by atoms with van der Waals surface area (Å²) in [6, 6.07) is 5.93. The summed E-state index contributed by atoms with van der Waals surface area (Å²) in [7, 11) is 1.67. The maximum atomic E-state index is 6.26. The van der Waals surface area contributed by atoms with Crippen LogP contribution in [0.15, 0.2) is 22.7 Å². The second kappa shape index (κ2) is 6.04. The maximum Gasteiger partial charge on any atom is 0.124 e. The highest BCUT2D eigenvalue weighted by Crippen LogP contribution is 2.28. The number of methoxy groups -OCH3 is 1. The number of ether oxygens (including phenoxy) is 2. The zero-order valence-corrected chi connectivity index (χ0v) is 12.3. The molecule has 0 aromatic heterocycles. The smallest absolute Gasteiger partial charge is 0.124 e. The highest BCUT2D eigenvalue weighted by Gasteiger charge is 2.29. The van der Waals surface area contributed by atoms with Crippen molar-refractivity contribution in [3.63, 3.8) is 0 Å². The third-order valence-corrected chi connectivity index (χ3v) is 3.98. The van der Waals surface area contributed by atoms with Gasteiger partial charge in [-0.05, 0) is 31.0 Å². The highest BCUT2D eigenvalue weighted by atomic mass is 79.9. The summed E-state index contributed by atoms with van der Waals surface area (Å²) in [5.41, 5.74) is 7.20. The van der Waals surface area contributed by atoms with Crippen molar-refractivity contribution in [2.24, 2.45) is 5.73 Å².